The molecular formula is C30H28N8. The molecular weight excluding hydrogens is 472 g/mol. The highest BCUT2D eigenvalue weighted by atomic mass is 15.1. The molecule has 0 unspecified atom stereocenters. The van der Waals surface area contributed by atoms with E-state index in [2.05, 4.69) is 81.0 Å². The number of fused-ring (bicyclic) bond motifs is 2. The molecule has 0 saturated heterocycles. The number of nitrogens with one attached hydrogen (secondary N) is 3. The number of allylic oxidation sites excluding steroid dienone is 1. The van der Waals surface area contributed by atoms with Gasteiger partial charge < -0.3 is 10.3 Å². The largest absolute Gasteiger partial charge is 0.358 e. The summed E-state index contributed by atoms with van der Waals surface area (Å²) in [5.41, 5.74) is 9.06. The minimum absolute atomic E-state index is 0.156. The maximum atomic E-state index is 4.91. The first-order chi connectivity index (χ1) is 18.3. The van der Waals surface area contributed by atoms with Gasteiger partial charge in [-0.25, -0.2) is 4.98 Å². The summed E-state index contributed by atoms with van der Waals surface area (Å²) < 4.78 is 0. The van der Waals surface area contributed by atoms with Crippen molar-refractivity contribution >= 4 is 27.6 Å². The van der Waals surface area contributed by atoms with Crippen LogP contribution in [0.1, 0.15) is 27.2 Å². The Labute approximate surface area is 220 Å². The Hall–Kier alpha value is -4.85. The third-order valence-electron chi connectivity index (χ3n) is 6.26. The molecule has 0 bridgehead atoms. The zero-order chi connectivity index (χ0) is 26.3. The first-order valence-electron chi connectivity index (χ1n) is 12.5. The third-order valence-corrected chi connectivity index (χ3v) is 6.26. The molecule has 6 aromatic rings. The van der Waals surface area contributed by atoms with Gasteiger partial charge in [0.1, 0.15) is 11.2 Å². The number of imidazole rings is 1. The van der Waals surface area contributed by atoms with Crippen molar-refractivity contribution in [1.82, 2.24) is 35.1 Å². The molecule has 5 aromatic heterocycles. The molecule has 0 aliphatic carbocycles. The Morgan fingerprint density at radius 3 is 2.63 bits per heavy atom. The Morgan fingerprint density at radius 2 is 1.82 bits per heavy atom. The van der Waals surface area contributed by atoms with Crippen molar-refractivity contribution < 1.29 is 0 Å². The summed E-state index contributed by atoms with van der Waals surface area (Å²) in [4.78, 5) is 21.6. The van der Waals surface area contributed by atoms with E-state index in [1.807, 2.05) is 36.7 Å². The van der Waals surface area contributed by atoms with Crippen LogP contribution >= 0.6 is 0 Å². The molecule has 188 valence electrons. The topological polar surface area (TPSA) is 108 Å². The second-order valence-corrected chi connectivity index (χ2v) is 10.6. The van der Waals surface area contributed by atoms with Gasteiger partial charge in [-0.1, -0.05) is 39.5 Å². The number of rotatable bonds is 6. The first kappa shape index (κ1) is 23.5. The predicted octanol–water partition coefficient (Wildman–Crippen LogP) is 6.99. The van der Waals surface area contributed by atoms with Gasteiger partial charge in [0.2, 0.25) is 0 Å². The number of aromatic nitrogens is 7. The summed E-state index contributed by atoms with van der Waals surface area (Å²) >= 11 is 0. The van der Waals surface area contributed by atoms with E-state index < -0.39 is 0 Å². The monoisotopic (exact) mass is 500 g/mol. The highest BCUT2D eigenvalue weighted by Crippen LogP contribution is 2.33. The van der Waals surface area contributed by atoms with Crippen LogP contribution in [0.25, 0.3) is 55.8 Å². The van der Waals surface area contributed by atoms with E-state index in [0.717, 1.165) is 67.8 Å². The number of nitrogens with zero attached hydrogens (tertiary/aromatic N) is 5. The Morgan fingerprint density at radius 1 is 0.947 bits per heavy atom. The molecule has 0 aliphatic heterocycles. The SMILES string of the molecule is C=C(CC(C)(C)C)Nc1cncc(-c2ccc3[nH]nc(-c4nc5c(-c6ccccn6)cncc5[nH]4)c3c2)c1. The van der Waals surface area contributed by atoms with Gasteiger partial charge in [-0.3, -0.25) is 20.1 Å². The van der Waals surface area contributed by atoms with Crippen molar-refractivity contribution in [1.29, 1.82) is 0 Å². The van der Waals surface area contributed by atoms with Crippen LogP contribution < -0.4 is 5.32 Å². The molecule has 0 atom stereocenters. The minimum atomic E-state index is 0.156. The molecule has 0 saturated carbocycles. The fourth-order valence-electron chi connectivity index (χ4n) is 4.68. The lowest BCUT2D eigenvalue weighted by molar-refractivity contribution is 0.411. The molecule has 6 rings (SSSR count). The van der Waals surface area contributed by atoms with E-state index in [-0.39, 0.29) is 5.41 Å². The van der Waals surface area contributed by atoms with Gasteiger partial charge in [0.25, 0.3) is 0 Å². The summed E-state index contributed by atoms with van der Waals surface area (Å²) in [5.74, 6) is 0.667. The van der Waals surface area contributed by atoms with Crippen molar-refractivity contribution in [3.05, 3.63) is 85.7 Å². The quantitative estimate of drug-likeness (QED) is 0.227. The van der Waals surface area contributed by atoms with E-state index in [4.69, 9.17) is 4.98 Å². The van der Waals surface area contributed by atoms with E-state index in [9.17, 15) is 0 Å². The van der Waals surface area contributed by atoms with Crippen LogP contribution in [-0.4, -0.2) is 35.1 Å². The molecule has 5 heterocycles. The second-order valence-electron chi connectivity index (χ2n) is 10.6. The lowest BCUT2D eigenvalue weighted by Gasteiger charge is -2.20. The maximum absolute atomic E-state index is 4.91. The molecule has 0 aliphatic rings. The zero-order valence-corrected chi connectivity index (χ0v) is 21.6. The van der Waals surface area contributed by atoms with Crippen molar-refractivity contribution in [2.45, 2.75) is 27.2 Å². The normalized spacial score (nSPS) is 11.8. The second kappa shape index (κ2) is 9.23. The molecule has 1 aromatic carbocycles. The fraction of sp³-hybridized carbons (Fsp3) is 0.167. The van der Waals surface area contributed by atoms with Gasteiger partial charge in [0.15, 0.2) is 5.82 Å². The molecule has 0 amide bonds. The number of hydrogen-bond donors (Lipinski definition) is 3. The lowest BCUT2D eigenvalue weighted by Crippen LogP contribution is -2.10. The number of pyridine rings is 3. The predicted molar refractivity (Wildman–Crippen MR) is 152 cm³/mol. The summed E-state index contributed by atoms with van der Waals surface area (Å²) in [7, 11) is 0. The van der Waals surface area contributed by atoms with Crippen molar-refractivity contribution in [3.63, 3.8) is 0 Å². The number of benzene rings is 1. The van der Waals surface area contributed by atoms with E-state index in [1.54, 1.807) is 18.6 Å². The number of anilines is 1. The third kappa shape index (κ3) is 4.64. The number of H-pyrrole nitrogens is 2. The van der Waals surface area contributed by atoms with E-state index >= 15 is 0 Å². The van der Waals surface area contributed by atoms with Crippen molar-refractivity contribution in [2.24, 2.45) is 5.41 Å². The Balaban J connectivity index is 1.36. The van der Waals surface area contributed by atoms with Gasteiger partial charge in [-0.05, 0) is 47.7 Å². The molecule has 0 spiro atoms. The minimum Gasteiger partial charge on any atom is -0.358 e. The smallest absolute Gasteiger partial charge is 0.159 e. The van der Waals surface area contributed by atoms with Crippen molar-refractivity contribution in [3.8, 4) is 33.9 Å². The average molecular weight is 501 g/mol. The maximum Gasteiger partial charge on any atom is 0.159 e. The number of hydrogen-bond acceptors (Lipinski definition) is 6. The fourth-order valence-corrected chi connectivity index (χ4v) is 4.68. The molecule has 8 heteroatoms. The van der Waals surface area contributed by atoms with Crippen LogP contribution in [-0.2, 0) is 0 Å². The highest BCUT2D eigenvalue weighted by Gasteiger charge is 2.17. The molecule has 0 radical (unpaired) electrons. The van der Waals surface area contributed by atoms with Crippen LogP contribution in [0.3, 0.4) is 0 Å². The number of aromatic amines is 2. The summed E-state index contributed by atoms with van der Waals surface area (Å²) in [5, 5.41) is 12.1. The van der Waals surface area contributed by atoms with E-state index in [0.29, 0.717) is 5.82 Å². The molecule has 8 nitrogen and oxygen atoms in total. The van der Waals surface area contributed by atoms with Crippen LogP contribution in [0.4, 0.5) is 5.69 Å². The van der Waals surface area contributed by atoms with Crippen LogP contribution in [0, 0.1) is 5.41 Å². The zero-order valence-electron chi connectivity index (χ0n) is 21.6. The van der Waals surface area contributed by atoms with Gasteiger partial charge >= 0.3 is 0 Å². The molecule has 38 heavy (non-hydrogen) atoms. The Kier molecular flexibility index (Phi) is 5.72. The standard InChI is InChI=1S/C30H28N8/c1-18(13-30(2,3)4)34-21-11-20(14-31-15-21)19-8-9-25-22(12-19)28(38-37-25)29-35-26-17-32-16-23(27(26)36-29)24-7-5-6-10-33-24/h5-12,14-17,34H,1,13H2,2-4H3,(H,35,36)(H,37,38). The van der Waals surface area contributed by atoms with Crippen LogP contribution in [0.5, 0.6) is 0 Å². The highest BCUT2D eigenvalue weighted by molar-refractivity contribution is 5.97. The molecule has 3 N–H and O–H groups in total. The van der Waals surface area contributed by atoms with Gasteiger partial charge in [-0.2, -0.15) is 5.10 Å². The van der Waals surface area contributed by atoms with Crippen LogP contribution in [0.15, 0.2) is 85.7 Å². The van der Waals surface area contributed by atoms with E-state index in [1.165, 1.54) is 0 Å². The lowest BCUT2D eigenvalue weighted by atomic mass is 9.91. The van der Waals surface area contributed by atoms with Gasteiger partial charge in [0, 0.05) is 40.8 Å². The summed E-state index contributed by atoms with van der Waals surface area (Å²) in [6.07, 6.45) is 9.89. The molecule has 0 fully saturated rings. The van der Waals surface area contributed by atoms with Gasteiger partial charge in [-0.15, -0.1) is 0 Å². The van der Waals surface area contributed by atoms with Gasteiger partial charge in [0.05, 0.1) is 34.8 Å². The first-order valence-corrected chi connectivity index (χ1v) is 12.5. The Bertz CT molecular complexity index is 1770. The summed E-state index contributed by atoms with van der Waals surface area (Å²) in [6, 6.07) is 14.1. The summed E-state index contributed by atoms with van der Waals surface area (Å²) in [6.45, 7) is 10.8. The average Bonchev–Trinajstić information content (AvgIpc) is 3.51. The van der Waals surface area contributed by atoms with Crippen LogP contribution in [0.2, 0.25) is 0 Å². The van der Waals surface area contributed by atoms with Crippen molar-refractivity contribution in [2.75, 3.05) is 5.32 Å².